The van der Waals surface area contributed by atoms with E-state index in [1.165, 1.54) is 5.56 Å². The van der Waals surface area contributed by atoms with E-state index in [1.807, 2.05) is 13.0 Å². The number of benzene rings is 1. The maximum atomic E-state index is 11.9. The van der Waals surface area contributed by atoms with Gasteiger partial charge in [0.15, 0.2) is 17.5 Å². The third-order valence-corrected chi connectivity index (χ3v) is 6.61. The summed E-state index contributed by atoms with van der Waals surface area (Å²) in [6, 6.07) is 6.51. The molecule has 0 saturated carbocycles. The van der Waals surface area contributed by atoms with Crippen LogP contribution >= 0.6 is 24.0 Å². The van der Waals surface area contributed by atoms with Gasteiger partial charge in [-0.3, -0.25) is 4.99 Å². The van der Waals surface area contributed by atoms with Gasteiger partial charge in [-0.25, -0.2) is 4.79 Å². The molecule has 0 unspecified atom stereocenters. The second-order valence-electron chi connectivity index (χ2n) is 8.49. The van der Waals surface area contributed by atoms with Crippen LogP contribution in [0, 0.1) is 0 Å². The second kappa shape index (κ2) is 12.0. The van der Waals surface area contributed by atoms with Gasteiger partial charge in [-0.1, -0.05) is 6.07 Å². The van der Waals surface area contributed by atoms with Crippen LogP contribution < -0.4 is 20.1 Å². The lowest BCUT2D eigenvalue weighted by Crippen LogP contribution is -2.52. The van der Waals surface area contributed by atoms with E-state index in [0.717, 1.165) is 62.9 Å². The lowest BCUT2D eigenvalue weighted by Gasteiger charge is -2.39. The van der Waals surface area contributed by atoms with Gasteiger partial charge in [0.2, 0.25) is 6.79 Å². The Bertz CT molecular complexity index is 823. The van der Waals surface area contributed by atoms with Crippen LogP contribution in [0.15, 0.2) is 23.2 Å². The highest BCUT2D eigenvalue weighted by Crippen LogP contribution is 2.40. The van der Waals surface area contributed by atoms with Gasteiger partial charge in [-0.15, -0.1) is 24.0 Å². The van der Waals surface area contributed by atoms with Crippen molar-refractivity contribution in [2.45, 2.75) is 44.1 Å². The lowest BCUT2D eigenvalue weighted by molar-refractivity contribution is 0.0512. The van der Waals surface area contributed by atoms with Crippen molar-refractivity contribution in [2.75, 3.05) is 53.3 Å². The fourth-order valence-corrected chi connectivity index (χ4v) is 4.62. The molecule has 9 nitrogen and oxygen atoms in total. The zero-order valence-electron chi connectivity index (χ0n) is 19.4. The number of halogens is 1. The van der Waals surface area contributed by atoms with Crippen molar-refractivity contribution < 1.29 is 23.7 Å². The SMILES string of the molecule is CCOC(=O)N1CCC(NC(=NC)NCC2(c3ccc4c(c3)OCO4)CCOCC2)CC1.I. The van der Waals surface area contributed by atoms with Gasteiger partial charge in [0.25, 0.3) is 0 Å². The molecule has 0 spiro atoms. The van der Waals surface area contributed by atoms with E-state index in [2.05, 4.69) is 27.8 Å². The number of ether oxygens (including phenoxy) is 4. The molecule has 4 rings (SSSR count). The highest BCUT2D eigenvalue weighted by atomic mass is 127. The predicted molar refractivity (Wildman–Crippen MR) is 136 cm³/mol. The number of carbonyl (C=O) groups is 1. The van der Waals surface area contributed by atoms with E-state index < -0.39 is 0 Å². The van der Waals surface area contributed by atoms with Crippen molar-refractivity contribution in [3.63, 3.8) is 0 Å². The summed E-state index contributed by atoms with van der Waals surface area (Å²) >= 11 is 0. The Kier molecular flexibility index (Phi) is 9.30. The Labute approximate surface area is 212 Å². The van der Waals surface area contributed by atoms with Crippen molar-refractivity contribution in [2.24, 2.45) is 4.99 Å². The van der Waals surface area contributed by atoms with Gasteiger partial charge in [-0.2, -0.15) is 0 Å². The number of fused-ring (bicyclic) bond motifs is 1. The number of rotatable bonds is 5. The van der Waals surface area contributed by atoms with Gasteiger partial charge in [0.1, 0.15) is 0 Å². The first-order valence-electron chi connectivity index (χ1n) is 11.5. The molecule has 2 N–H and O–H groups in total. The third kappa shape index (κ3) is 6.14. The highest BCUT2D eigenvalue weighted by Gasteiger charge is 2.36. The van der Waals surface area contributed by atoms with Gasteiger partial charge < -0.3 is 34.5 Å². The first-order valence-corrected chi connectivity index (χ1v) is 11.5. The zero-order valence-corrected chi connectivity index (χ0v) is 21.8. The molecule has 2 fully saturated rings. The minimum absolute atomic E-state index is 0. The molecule has 2 saturated heterocycles. The number of hydrogen-bond donors (Lipinski definition) is 2. The number of guanidine groups is 1. The summed E-state index contributed by atoms with van der Waals surface area (Å²) < 4.78 is 21.9. The summed E-state index contributed by atoms with van der Waals surface area (Å²) in [7, 11) is 1.79. The van der Waals surface area contributed by atoms with E-state index in [9.17, 15) is 4.79 Å². The number of piperidine rings is 1. The molecule has 3 aliphatic heterocycles. The maximum absolute atomic E-state index is 11.9. The van der Waals surface area contributed by atoms with Crippen molar-refractivity contribution in [3.05, 3.63) is 23.8 Å². The van der Waals surface area contributed by atoms with Crippen LogP contribution in [0.3, 0.4) is 0 Å². The fraction of sp³-hybridized carbons (Fsp3) is 0.652. The smallest absolute Gasteiger partial charge is 0.409 e. The Hall–Kier alpha value is -1.95. The van der Waals surface area contributed by atoms with Crippen LogP contribution in [0.4, 0.5) is 4.79 Å². The molecule has 3 aliphatic rings. The Balaban J connectivity index is 0.00000306. The molecule has 10 heteroatoms. The molecule has 0 bridgehead atoms. The summed E-state index contributed by atoms with van der Waals surface area (Å²) in [6.07, 6.45) is 3.35. The van der Waals surface area contributed by atoms with Crippen molar-refractivity contribution in [3.8, 4) is 11.5 Å². The van der Waals surface area contributed by atoms with Crippen molar-refractivity contribution >= 4 is 36.0 Å². The normalized spacial score (nSPS) is 20.1. The molecule has 0 atom stereocenters. The number of hydrogen-bond acceptors (Lipinski definition) is 6. The number of carbonyl (C=O) groups excluding carboxylic acids is 1. The molecule has 1 aromatic carbocycles. The minimum Gasteiger partial charge on any atom is -0.454 e. The van der Waals surface area contributed by atoms with E-state index >= 15 is 0 Å². The monoisotopic (exact) mass is 574 g/mol. The first-order chi connectivity index (χ1) is 15.6. The number of nitrogens with one attached hydrogen (secondary N) is 2. The van der Waals surface area contributed by atoms with Crippen LogP contribution in [0.5, 0.6) is 11.5 Å². The summed E-state index contributed by atoms with van der Waals surface area (Å²) in [4.78, 5) is 18.1. The molecule has 184 valence electrons. The highest BCUT2D eigenvalue weighted by molar-refractivity contribution is 14.0. The van der Waals surface area contributed by atoms with Crippen LogP contribution in [0.25, 0.3) is 0 Å². The zero-order chi connectivity index (χ0) is 22.4. The van der Waals surface area contributed by atoms with Gasteiger partial charge in [0.05, 0.1) is 6.61 Å². The average molecular weight is 574 g/mol. The largest absolute Gasteiger partial charge is 0.454 e. The maximum Gasteiger partial charge on any atom is 0.409 e. The Morgan fingerprint density at radius 1 is 1.21 bits per heavy atom. The summed E-state index contributed by atoms with van der Waals surface area (Å²) in [5, 5.41) is 7.08. The average Bonchev–Trinajstić information content (AvgIpc) is 3.31. The van der Waals surface area contributed by atoms with Gasteiger partial charge in [0, 0.05) is 51.4 Å². The second-order valence-corrected chi connectivity index (χ2v) is 8.49. The summed E-state index contributed by atoms with van der Waals surface area (Å²) in [5.41, 5.74) is 1.17. The lowest BCUT2D eigenvalue weighted by atomic mass is 9.74. The van der Waals surface area contributed by atoms with Gasteiger partial charge >= 0.3 is 6.09 Å². The van der Waals surface area contributed by atoms with Crippen molar-refractivity contribution in [1.82, 2.24) is 15.5 Å². The number of likely N-dealkylation sites (tertiary alicyclic amines) is 1. The predicted octanol–water partition coefficient (Wildman–Crippen LogP) is 2.87. The Morgan fingerprint density at radius 2 is 1.94 bits per heavy atom. The van der Waals surface area contributed by atoms with E-state index in [1.54, 1.807) is 11.9 Å². The molecule has 3 heterocycles. The molecular weight excluding hydrogens is 539 g/mol. The van der Waals surface area contributed by atoms with Crippen LogP contribution in [-0.4, -0.2) is 76.3 Å². The van der Waals surface area contributed by atoms with Crippen LogP contribution in [0.1, 0.15) is 38.2 Å². The van der Waals surface area contributed by atoms with Crippen LogP contribution in [-0.2, 0) is 14.9 Å². The van der Waals surface area contributed by atoms with E-state index in [4.69, 9.17) is 18.9 Å². The Morgan fingerprint density at radius 3 is 2.64 bits per heavy atom. The quantitative estimate of drug-likeness (QED) is 0.318. The van der Waals surface area contributed by atoms with E-state index in [0.29, 0.717) is 19.7 Å². The van der Waals surface area contributed by atoms with Crippen molar-refractivity contribution in [1.29, 1.82) is 0 Å². The number of aliphatic imine (C=N–C) groups is 1. The number of nitrogens with zero attached hydrogens (tertiary/aromatic N) is 2. The molecule has 0 radical (unpaired) electrons. The third-order valence-electron chi connectivity index (χ3n) is 6.61. The first kappa shape index (κ1) is 25.7. The topological polar surface area (TPSA) is 93.7 Å². The molecule has 0 aromatic heterocycles. The molecule has 33 heavy (non-hydrogen) atoms. The standard InChI is InChI=1S/C23H34N4O5.HI/c1-3-30-22(28)27-10-6-18(7-11-27)26-21(24-2)25-15-23(8-12-29-13-9-23)17-4-5-19-20(14-17)32-16-31-19;/h4-5,14,18H,3,6-13,15-16H2,1-2H3,(H2,24,25,26);1H. The van der Waals surface area contributed by atoms with Crippen LogP contribution in [0.2, 0.25) is 0 Å². The molecular formula is C23H35IN4O5. The fourth-order valence-electron chi connectivity index (χ4n) is 4.62. The molecule has 0 aliphatic carbocycles. The summed E-state index contributed by atoms with van der Waals surface area (Å²) in [6.45, 7) is 6.09. The molecule has 1 aromatic rings. The van der Waals surface area contributed by atoms with Gasteiger partial charge in [-0.05, 0) is 50.3 Å². The minimum atomic E-state index is -0.223. The number of amides is 1. The summed E-state index contributed by atoms with van der Waals surface area (Å²) in [5.74, 6) is 2.39. The molecule has 1 amide bonds. The van der Waals surface area contributed by atoms with E-state index in [-0.39, 0.29) is 48.3 Å².